The molecule has 50 heavy (non-hydrogen) atoms. The van der Waals surface area contributed by atoms with E-state index in [4.69, 9.17) is 0 Å². The summed E-state index contributed by atoms with van der Waals surface area (Å²) in [6.45, 7) is 0. The van der Waals surface area contributed by atoms with Crippen LogP contribution in [0.3, 0.4) is 0 Å². The lowest BCUT2D eigenvalue weighted by Crippen LogP contribution is -2.22. The van der Waals surface area contributed by atoms with Crippen molar-refractivity contribution in [3.8, 4) is 0 Å². The summed E-state index contributed by atoms with van der Waals surface area (Å²) in [5.41, 5.74) is 15.3. The van der Waals surface area contributed by atoms with Gasteiger partial charge in [-0.2, -0.15) is 0 Å². The molecule has 254 valence electrons. The highest BCUT2D eigenvalue weighted by atomic mass is 15.0. The van der Waals surface area contributed by atoms with E-state index in [1.54, 1.807) is 28.1 Å². The Hall–Kier alpha value is -4.04. The minimum atomic E-state index is 0.379. The van der Waals surface area contributed by atoms with E-state index in [1.807, 2.05) is 0 Å². The van der Waals surface area contributed by atoms with E-state index in [0.29, 0.717) is 23.9 Å². The molecule has 0 aliphatic heterocycles. The van der Waals surface area contributed by atoms with Crippen LogP contribution < -0.4 is 0 Å². The van der Waals surface area contributed by atoms with Crippen LogP contribution in [0.4, 0.5) is 0 Å². The number of fused-ring (bicyclic) bond motifs is 6. The normalized spacial score (nSPS) is 28.4. The first kappa shape index (κ1) is 30.8. The topological polar surface area (TPSA) is 9.86 Å². The standard InChI is InChI=1S/C48H52N2/c1-3-13-33(14-4-1)35-25-28-38(29-26-35)50-46-24-10-7-19-41(46)43-22-12-21-40(48(43)50)37-27-30-47-44(32-37)42-20-8-9-23-45(42)49(47)39-18-11-17-36(31-39)34-15-5-2-6-16-34/h2-3,5,8,10,12-13,15,20,22,24-25,27-28,30-33,35,38-40H,1,4,6-7,9,11,14,16-19,21,23,26,29H2. The highest BCUT2D eigenvalue weighted by Crippen LogP contribution is 2.47. The van der Waals surface area contributed by atoms with Crippen LogP contribution >= 0.6 is 0 Å². The zero-order chi connectivity index (χ0) is 33.0. The van der Waals surface area contributed by atoms with Gasteiger partial charge in [-0.15, -0.1) is 0 Å². The average Bonchev–Trinajstić information content (AvgIpc) is 3.71. The van der Waals surface area contributed by atoms with E-state index in [1.165, 1.54) is 97.5 Å². The molecule has 5 unspecified atom stereocenters. The molecule has 2 nitrogen and oxygen atoms in total. The van der Waals surface area contributed by atoms with Crippen LogP contribution in [-0.4, -0.2) is 9.13 Å². The van der Waals surface area contributed by atoms with E-state index in [2.05, 4.69) is 112 Å². The summed E-state index contributed by atoms with van der Waals surface area (Å²) < 4.78 is 5.58. The Morgan fingerprint density at radius 1 is 0.620 bits per heavy atom. The van der Waals surface area contributed by atoms with Crippen molar-refractivity contribution in [2.75, 3.05) is 0 Å². The number of hydrogen-bond acceptors (Lipinski definition) is 0. The smallest absolute Gasteiger partial charge is 0.0525 e. The van der Waals surface area contributed by atoms with Crippen molar-refractivity contribution in [3.63, 3.8) is 0 Å². The largest absolute Gasteiger partial charge is 0.337 e. The van der Waals surface area contributed by atoms with Crippen LogP contribution in [0.25, 0.3) is 29.1 Å². The van der Waals surface area contributed by atoms with Crippen molar-refractivity contribution in [2.24, 2.45) is 11.8 Å². The third-order valence-electron chi connectivity index (χ3n) is 13.3. The summed E-state index contributed by atoms with van der Waals surface area (Å²) in [7, 11) is 0. The molecule has 2 aromatic heterocycles. The first-order valence-electron chi connectivity index (χ1n) is 20.2. The van der Waals surface area contributed by atoms with Gasteiger partial charge in [0.15, 0.2) is 0 Å². The Kier molecular flexibility index (Phi) is 7.96. The summed E-state index contributed by atoms with van der Waals surface area (Å²) in [5.74, 6) is 1.82. The molecule has 0 saturated carbocycles. The number of hydrogen-bond donors (Lipinski definition) is 0. The monoisotopic (exact) mass is 656 g/mol. The molecule has 0 amide bonds. The van der Waals surface area contributed by atoms with E-state index < -0.39 is 0 Å². The molecule has 2 heteroatoms. The third-order valence-corrected chi connectivity index (χ3v) is 13.3. The van der Waals surface area contributed by atoms with Gasteiger partial charge in [0, 0.05) is 39.5 Å². The maximum atomic E-state index is 2.81. The maximum absolute atomic E-state index is 2.81. The maximum Gasteiger partial charge on any atom is 0.0525 e. The molecule has 0 radical (unpaired) electrons. The zero-order valence-electron chi connectivity index (χ0n) is 29.7. The molecule has 0 fully saturated rings. The Balaban J connectivity index is 1.06. The molecular weight excluding hydrogens is 605 g/mol. The van der Waals surface area contributed by atoms with Gasteiger partial charge >= 0.3 is 0 Å². The summed E-state index contributed by atoms with van der Waals surface area (Å²) in [5, 5.41) is 1.47. The van der Waals surface area contributed by atoms with Crippen molar-refractivity contribution in [3.05, 3.63) is 136 Å². The van der Waals surface area contributed by atoms with Gasteiger partial charge in [0.05, 0.1) is 12.1 Å². The molecule has 7 aliphatic carbocycles. The van der Waals surface area contributed by atoms with Crippen LogP contribution in [0.2, 0.25) is 0 Å². The van der Waals surface area contributed by atoms with E-state index in [0.717, 1.165) is 38.0 Å². The molecule has 2 heterocycles. The molecule has 0 spiro atoms. The van der Waals surface area contributed by atoms with Crippen LogP contribution in [-0.2, 0) is 12.8 Å². The van der Waals surface area contributed by atoms with Crippen LogP contribution in [0, 0.1) is 11.8 Å². The van der Waals surface area contributed by atoms with Crippen molar-refractivity contribution >= 4 is 29.1 Å². The van der Waals surface area contributed by atoms with Gasteiger partial charge in [-0.25, -0.2) is 0 Å². The lowest BCUT2D eigenvalue weighted by atomic mass is 9.78. The number of benzene rings is 1. The molecule has 7 aliphatic rings. The summed E-state index contributed by atoms with van der Waals surface area (Å²) in [4.78, 5) is 0. The number of rotatable bonds is 5. The Morgan fingerprint density at radius 2 is 1.52 bits per heavy atom. The van der Waals surface area contributed by atoms with Gasteiger partial charge < -0.3 is 9.13 Å². The molecule has 0 saturated heterocycles. The first-order valence-corrected chi connectivity index (χ1v) is 20.2. The highest BCUT2D eigenvalue weighted by molar-refractivity contribution is 5.93. The van der Waals surface area contributed by atoms with Crippen LogP contribution in [0.15, 0.2) is 96.2 Å². The van der Waals surface area contributed by atoms with Gasteiger partial charge in [0.1, 0.15) is 0 Å². The second kappa shape index (κ2) is 12.9. The fraction of sp³-hybridized carbons (Fsp3) is 0.417. The fourth-order valence-electron chi connectivity index (χ4n) is 10.9. The Morgan fingerprint density at radius 3 is 2.40 bits per heavy atom. The Bertz CT molecular complexity index is 2070. The molecule has 5 atom stereocenters. The number of allylic oxidation sites excluding steroid dienone is 13. The molecule has 0 N–H and O–H groups in total. The van der Waals surface area contributed by atoms with Crippen molar-refractivity contribution < 1.29 is 0 Å². The quantitative estimate of drug-likeness (QED) is 0.242. The van der Waals surface area contributed by atoms with E-state index in [9.17, 15) is 0 Å². The molecule has 10 rings (SSSR count). The predicted octanol–water partition coefficient (Wildman–Crippen LogP) is 12.7. The summed E-state index contributed by atoms with van der Waals surface area (Å²) >= 11 is 0. The number of nitrogens with zero attached hydrogens (tertiary/aromatic N) is 2. The second-order valence-electron chi connectivity index (χ2n) is 16.1. The highest BCUT2D eigenvalue weighted by Gasteiger charge is 2.34. The van der Waals surface area contributed by atoms with Gasteiger partial charge in [0.25, 0.3) is 0 Å². The third kappa shape index (κ3) is 5.20. The molecule has 0 bridgehead atoms. The van der Waals surface area contributed by atoms with Crippen molar-refractivity contribution in [1.29, 1.82) is 0 Å². The fourth-order valence-corrected chi connectivity index (χ4v) is 10.9. The zero-order valence-corrected chi connectivity index (χ0v) is 29.7. The van der Waals surface area contributed by atoms with Gasteiger partial charge in [-0.1, -0.05) is 85.1 Å². The van der Waals surface area contributed by atoms with Crippen molar-refractivity contribution in [2.45, 2.75) is 114 Å². The van der Waals surface area contributed by atoms with Gasteiger partial charge in [-0.05, 0) is 154 Å². The van der Waals surface area contributed by atoms with E-state index >= 15 is 0 Å². The van der Waals surface area contributed by atoms with Gasteiger partial charge in [-0.3, -0.25) is 0 Å². The minimum Gasteiger partial charge on any atom is -0.337 e. The molecule has 1 aromatic carbocycles. The lowest BCUT2D eigenvalue weighted by molar-refractivity contribution is 0.348. The molecule has 3 aromatic rings. The average molecular weight is 657 g/mol. The number of aromatic nitrogens is 2. The Labute approximate surface area is 299 Å². The predicted molar refractivity (Wildman–Crippen MR) is 211 cm³/mol. The SMILES string of the molecule is C1=CCCC(C2=CC(n3c4c(c5cc(C6CC=Cc7c8c(n(C9C=CC(C%10C=CCCC%10)CC9)c76)C=CCC8)ccc53)C=CCC4)CCC2)=C1. The summed E-state index contributed by atoms with van der Waals surface area (Å²) in [6, 6.07) is 8.52. The van der Waals surface area contributed by atoms with Gasteiger partial charge in [0.2, 0.25) is 0 Å². The minimum absolute atomic E-state index is 0.379. The summed E-state index contributed by atoms with van der Waals surface area (Å²) in [6.07, 6.45) is 52.8. The molecular formula is C48H52N2. The van der Waals surface area contributed by atoms with E-state index in [-0.39, 0.29) is 0 Å². The second-order valence-corrected chi connectivity index (χ2v) is 16.1. The van der Waals surface area contributed by atoms with Crippen molar-refractivity contribution in [1.82, 2.24) is 9.13 Å². The first-order chi connectivity index (χ1) is 24.8. The van der Waals surface area contributed by atoms with Crippen LogP contribution in [0.5, 0.6) is 0 Å². The lowest BCUT2D eigenvalue weighted by Gasteiger charge is -2.33. The van der Waals surface area contributed by atoms with Crippen LogP contribution in [0.1, 0.15) is 141 Å².